The summed E-state index contributed by atoms with van der Waals surface area (Å²) in [6.45, 7) is 1.47. The topological polar surface area (TPSA) is 69.7 Å². The van der Waals surface area contributed by atoms with Crippen molar-refractivity contribution >= 4 is 15.6 Å². The molecule has 1 saturated heterocycles. The third kappa shape index (κ3) is 2.64. The maximum atomic E-state index is 11.2. The van der Waals surface area contributed by atoms with Gasteiger partial charge in [0, 0.05) is 5.56 Å². The highest BCUT2D eigenvalue weighted by atomic mass is 32.2. The van der Waals surface area contributed by atoms with E-state index in [0.717, 1.165) is 0 Å². The monoisotopic (exact) mass is 270 g/mol. The number of benzene rings is 1. The van der Waals surface area contributed by atoms with Crippen LogP contribution in [0.5, 0.6) is 11.5 Å². The van der Waals surface area contributed by atoms with Crippen LogP contribution >= 0.6 is 0 Å². The van der Waals surface area contributed by atoms with Crippen LogP contribution in [-0.4, -0.2) is 38.9 Å². The van der Waals surface area contributed by atoms with Gasteiger partial charge >= 0.3 is 0 Å². The van der Waals surface area contributed by atoms with Crippen LogP contribution in [0.4, 0.5) is 0 Å². The lowest BCUT2D eigenvalue weighted by Crippen LogP contribution is -2.45. The van der Waals surface area contributed by atoms with E-state index in [2.05, 4.69) is 0 Å². The number of carbonyl (C=O) groups is 1. The minimum atomic E-state index is -2.91. The van der Waals surface area contributed by atoms with Gasteiger partial charge in [0.1, 0.15) is 6.10 Å². The lowest BCUT2D eigenvalue weighted by molar-refractivity contribution is 0.101. The number of rotatable bonds is 4. The first-order valence-corrected chi connectivity index (χ1v) is 7.29. The normalized spacial score (nSPS) is 17.9. The molecule has 5 nitrogen and oxygen atoms in total. The van der Waals surface area contributed by atoms with Gasteiger partial charge in [0.25, 0.3) is 0 Å². The first kappa shape index (κ1) is 12.9. The zero-order chi connectivity index (χ0) is 13.3. The standard InChI is InChI=1S/C12H14O5S/c1-8(13)9-3-4-11(12(5-9)16-2)17-10-6-18(14,15)7-10/h3-5,10H,6-7H2,1-2H3. The van der Waals surface area contributed by atoms with Gasteiger partial charge in [-0.3, -0.25) is 4.79 Å². The number of hydrogen-bond acceptors (Lipinski definition) is 5. The molecular formula is C12H14O5S. The Labute approximate surface area is 106 Å². The second-order valence-corrected chi connectivity index (χ2v) is 6.39. The van der Waals surface area contributed by atoms with Crippen LogP contribution in [0.25, 0.3) is 0 Å². The molecule has 1 heterocycles. The van der Waals surface area contributed by atoms with Gasteiger partial charge in [-0.25, -0.2) is 8.42 Å². The molecule has 0 spiro atoms. The molecule has 0 N–H and O–H groups in total. The molecule has 0 bridgehead atoms. The summed E-state index contributed by atoms with van der Waals surface area (Å²) in [6.07, 6.45) is -0.327. The fourth-order valence-electron chi connectivity index (χ4n) is 1.75. The summed E-state index contributed by atoms with van der Waals surface area (Å²) in [4.78, 5) is 11.2. The second-order valence-electron chi connectivity index (χ2n) is 4.24. The van der Waals surface area contributed by atoms with E-state index in [0.29, 0.717) is 17.1 Å². The number of methoxy groups -OCH3 is 1. The molecular weight excluding hydrogens is 256 g/mol. The predicted molar refractivity (Wildman–Crippen MR) is 66.1 cm³/mol. The van der Waals surface area contributed by atoms with Gasteiger partial charge < -0.3 is 9.47 Å². The van der Waals surface area contributed by atoms with Gasteiger partial charge in [-0.15, -0.1) is 0 Å². The summed E-state index contributed by atoms with van der Waals surface area (Å²) in [7, 11) is -1.44. The molecule has 98 valence electrons. The van der Waals surface area contributed by atoms with Crippen LogP contribution in [0, 0.1) is 0 Å². The zero-order valence-corrected chi connectivity index (χ0v) is 11.0. The van der Waals surface area contributed by atoms with Crippen molar-refractivity contribution in [2.45, 2.75) is 13.0 Å². The van der Waals surface area contributed by atoms with Crippen molar-refractivity contribution in [3.05, 3.63) is 23.8 Å². The maximum Gasteiger partial charge on any atom is 0.161 e. The average Bonchev–Trinajstić information content (AvgIpc) is 2.26. The Balaban J connectivity index is 2.16. The van der Waals surface area contributed by atoms with Gasteiger partial charge in [-0.05, 0) is 25.1 Å². The van der Waals surface area contributed by atoms with Crippen LogP contribution in [-0.2, 0) is 9.84 Å². The molecule has 0 unspecified atom stereocenters. The Kier molecular flexibility index (Phi) is 3.30. The molecule has 1 aliphatic rings. The number of carbonyl (C=O) groups excluding carboxylic acids is 1. The molecule has 0 atom stereocenters. The molecule has 1 aliphatic heterocycles. The molecule has 6 heteroatoms. The molecule has 0 saturated carbocycles. The number of ketones is 1. The molecule has 0 aliphatic carbocycles. The Morgan fingerprint density at radius 1 is 1.28 bits per heavy atom. The smallest absolute Gasteiger partial charge is 0.161 e. The number of hydrogen-bond donors (Lipinski definition) is 0. The summed E-state index contributed by atoms with van der Waals surface area (Å²) in [5.41, 5.74) is 0.528. The summed E-state index contributed by atoms with van der Waals surface area (Å²) in [5.74, 6) is 0.898. The summed E-state index contributed by atoms with van der Waals surface area (Å²) in [5, 5.41) is 0. The van der Waals surface area contributed by atoms with Crippen LogP contribution < -0.4 is 9.47 Å². The Morgan fingerprint density at radius 3 is 2.44 bits per heavy atom. The van der Waals surface area contributed by atoms with Crippen molar-refractivity contribution in [3.8, 4) is 11.5 Å². The van der Waals surface area contributed by atoms with Crippen molar-refractivity contribution in [2.75, 3.05) is 18.6 Å². The van der Waals surface area contributed by atoms with E-state index in [1.165, 1.54) is 14.0 Å². The molecule has 18 heavy (non-hydrogen) atoms. The van der Waals surface area contributed by atoms with E-state index >= 15 is 0 Å². The van der Waals surface area contributed by atoms with E-state index in [1.807, 2.05) is 0 Å². The summed E-state index contributed by atoms with van der Waals surface area (Å²) >= 11 is 0. The van der Waals surface area contributed by atoms with Gasteiger partial charge in [0.15, 0.2) is 27.1 Å². The van der Waals surface area contributed by atoms with E-state index in [1.54, 1.807) is 18.2 Å². The second kappa shape index (κ2) is 4.61. The van der Waals surface area contributed by atoms with Crippen LogP contribution in [0.2, 0.25) is 0 Å². The van der Waals surface area contributed by atoms with Crippen molar-refractivity contribution in [1.29, 1.82) is 0 Å². The van der Waals surface area contributed by atoms with E-state index in [4.69, 9.17) is 9.47 Å². The van der Waals surface area contributed by atoms with Crippen molar-refractivity contribution in [1.82, 2.24) is 0 Å². The van der Waals surface area contributed by atoms with Crippen LogP contribution in [0.15, 0.2) is 18.2 Å². The highest BCUT2D eigenvalue weighted by molar-refractivity contribution is 7.92. The number of ether oxygens (including phenoxy) is 2. The highest BCUT2D eigenvalue weighted by Gasteiger charge is 2.35. The number of sulfone groups is 1. The quantitative estimate of drug-likeness (QED) is 0.765. The summed E-state index contributed by atoms with van der Waals surface area (Å²) < 4.78 is 32.7. The van der Waals surface area contributed by atoms with Crippen LogP contribution in [0.1, 0.15) is 17.3 Å². The van der Waals surface area contributed by atoms with Crippen molar-refractivity contribution in [3.63, 3.8) is 0 Å². The average molecular weight is 270 g/mol. The third-order valence-corrected chi connectivity index (χ3v) is 4.50. The Hall–Kier alpha value is -1.56. The Bertz CT molecular complexity index is 564. The molecule has 2 rings (SSSR count). The predicted octanol–water partition coefficient (Wildman–Crippen LogP) is 1.07. The molecule has 0 aromatic heterocycles. The van der Waals surface area contributed by atoms with Gasteiger partial charge in [0.2, 0.25) is 0 Å². The van der Waals surface area contributed by atoms with Gasteiger partial charge in [0.05, 0.1) is 18.6 Å². The molecule has 1 aromatic rings. The Morgan fingerprint density at radius 2 is 1.94 bits per heavy atom. The lowest BCUT2D eigenvalue weighted by Gasteiger charge is -2.27. The lowest BCUT2D eigenvalue weighted by atomic mass is 10.1. The largest absolute Gasteiger partial charge is 0.493 e. The zero-order valence-electron chi connectivity index (χ0n) is 10.2. The number of Topliss-reactive ketones (excluding diaryl/α,β-unsaturated/α-hetero) is 1. The summed E-state index contributed by atoms with van der Waals surface area (Å²) in [6, 6.07) is 4.85. The van der Waals surface area contributed by atoms with Crippen LogP contribution in [0.3, 0.4) is 0 Å². The van der Waals surface area contributed by atoms with E-state index in [9.17, 15) is 13.2 Å². The third-order valence-electron chi connectivity index (χ3n) is 2.74. The first-order chi connectivity index (χ1) is 8.41. The molecule has 1 fully saturated rings. The van der Waals surface area contributed by atoms with E-state index < -0.39 is 9.84 Å². The molecule has 1 aromatic carbocycles. The van der Waals surface area contributed by atoms with Crippen molar-refractivity contribution < 1.29 is 22.7 Å². The molecule has 0 radical (unpaired) electrons. The van der Waals surface area contributed by atoms with Gasteiger partial charge in [-0.2, -0.15) is 0 Å². The SMILES string of the molecule is COc1cc(C(C)=O)ccc1OC1CS(=O)(=O)C1. The van der Waals surface area contributed by atoms with Crippen molar-refractivity contribution in [2.24, 2.45) is 0 Å². The van der Waals surface area contributed by atoms with Gasteiger partial charge in [-0.1, -0.05) is 0 Å². The minimum absolute atomic E-state index is 0.0324. The first-order valence-electron chi connectivity index (χ1n) is 5.47. The molecule has 0 amide bonds. The minimum Gasteiger partial charge on any atom is -0.493 e. The maximum absolute atomic E-state index is 11.2. The van der Waals surface area contributed by atoms with E-state index in [-0.39, 0.29) is 23.4 Å². The highest BCUT2D eigenvalue weighted by Crippen LogP contribution is 2.31. The fraction of sp³-hybridized carbons (Fsp3) is 0.417. The fourth-order valence-corrected chi connectivity index (χ4v) is 2.92.